The Morgan fingerprint density at radius 3 is 2.94 bits per heavy atom. The smallest absolute Gasteiger partial charge is 0.0597 e. The molecule has 0 spiro atoms. The van der Waals surface area contributed by atoms with E-state index in [9.17, 15) is 5.11 Å². The summed E-state index contributed by atoms with van der Waals surface area (Å²) in [5, 5.41) is 17.0. The molecule has 90 valence electrons. The van der Waals surface area contributed by atoms with Crippen LogP contribution in [0.4, 0.5) is 0 Å². The Labute approximate surface area is 96.7 Å². The van der Waals surface area contributed by atoms with E-state index in [1.807, 2.05) is 11.6 Å². The molecule has 0 amide bonds. The first-order valence-electron chi connectivity index (χ1n) is 6.11. The predicted octanol–water partition coefficient (Wildman–Crippen LogP) is 1.07. The maximum atomic E-state index is 9.18. The van der Waals surface area contributed by atoms with Crippen LogP contribution in [0.25, 0.3) is 0 Å². The summed E-state index contributed by atoms with van der Waals surface area (Å²) in [5.41, 5.74) is 2.33. The van der Waals surface area contributed by atoms with Crippen LogP contribution in [0.5, 0.6) is 0 Å². The summed E-state index contributed by atoms with van der Waals surface area (Å²) in [7, 11) is 0. The van der Waals surface area contributed by atoms with Gasteiger partial charge in [-0.25, -0.2) is 0 Å². The van der Waals surface area contributed by atoms with Gasteiger partial charge in [0.25, 0.3) is 0 Å². The lowest BCUT2D eigenvalue weighted by Crippen LogP contribution is -2.36. The summed E-state index contributed by atoms with van der Waals surface area (Å²) in [6.07, 6.45) is 1.87. The molecule has 0 unspecified atom stereocenters. The topological polar surface area (TPSA) is 50.1 Å². The van der Waals surface area contributed by atoms with Crippen LogP contribution in [0, 0.1) is 12.8 Å². The molecular formula is C12H21N3O. The Morgan fingerprint density at radius 1 is 1.56 bits per heavy atom. The largest absolute Gasteiger partial charge is 0.393 e. The molecule has 1 fully saturated rings. The zero-order chi connectivity index (χ0) is 11.5. The number of aryl methyl sites for hydroxylation is 2. The summed E-state index contributed by atoms with van der Waals surface area (Å²) >= 11 is 0. The lowest BCUT2D eigenvalue weighted by atomic mass is 9.82. The van der Waals surface area contributed by atoms with Crippen LogP contribution in [-0.2, 0) is 13.1 Å². The van der Waals surface area contributed by atoms with Crippen molar-refractivity contribution >= 4 is 0 Å². The fourth-order valence-corrected chi connectivity index (χ4v) is 2.29. The van der Waals surface area contributed by atoms with Gasteiger partial charge in [-0.1, -0.05) is 0 Å². The van der Waals surface area contributed by atoms with Crippen molar-refractivity contribution in [3.8, 4) is 0 Å². The van der Waals surface area contributed by atoms with E-state index in [0.29, 0.717) is 5.92 Å². The first-order chi connectivity index (χ1) is 7.69. The summed E-state index contributed by atoms with van der Waals surface area (Å²) in [6, 6.07) is 2.13. The predicted molar refractivity (Wildman–Crippen MR) is 63.1 cm³/mol. The molecule has 0 aliphatic heterocycles. The van der Waals surface area contributed by atoms with Gasteiger partial charge in [-0.05, 0) is 45.2 Å². The van der Waals surface area contributed by atoms with Crippen molar-refractivity contribution in [1.29, 1.82) is 0 Å². The van der Waals surface area contributed by atoms with Crippen LogP contribution in [0.3, 0.4) is 0 Å². The van der Waals surface area contributed by atoms with Gasteiger partial charge >= 0.3 is 0 Å². The number of hydrogen-bond donors (Lipinski definition) is 2. The Bertz CT molecular complexity index is 342. The SMILES string of the molecule is CCn1nc(C)cc1CNCC1CC(O)C1. The Kier molecular flexibility index (Phi) is 3.61. The minimum Gasteiger partial charge on any atom is -0.393 e. The average molecular weight is 223 g/mol. The van der Waals surface area contributed by atoms with E-state index < -0.39 is 0 Å². The normalized spacial score (nSPS) is 24.4. The molecule has 2 rings (SSSR count). The summed E-state index contributed by atoms with van der Waals surface area (Å²) in [5.74, 6) is 0.661. The second kappa shape index (κ2) is 4.97. The van der Waals surface area contributed by atoms with Crippen LogP contribution < -0.4 is 5.32 Å². The third-order valence-corrected chi connectivity index (χ3v) is 3.23. The van der Waals surface area contributed by atoms with Crippen LogP contribution in [0.2, 0.25) is 0 Å². The molecule has 1 heterocycles. The Hall–Kier alpha value is -0.870. The molecule has 0 saturated heterocycles. The summed E-state index contributed by atoms with van der Waals surface area (Å²) in [4.78, 5) is 0. The van der Waals surface area contributed by atoms with Crippen molar-refractivity contribution in [3.05, 3.63) is 17.5 Å². The quantitative estimate of drug-likeness (QED) is 0.785. The van der Waals surface area contributed by atoms with E-state index in [1.54, 1.807) is 0 Å². The van der Waals surface area contributed by atoms with Crippen molar-refractivity contribution in [3.63, 3.8) is 0 Å². The van der Waals surface area contributed by atoms with E-state index in [-0.39, 0.29) is 6.10 Å². The summed E-state index contributed by atoms with van der Waals surface area (Å²) < 4.78 is 2.04. The van der Waals surface area contributed by atoms with E-state index >= 15 is 0 Å². The van der Waals surface area contributed by atoms with Gasteiger partial charge in [-0.3, -0.25) is 4.68 Å². The fourth-order valence-electron chi connectivity index (χ4n) is 2.29. The Morgan fingerprint density at radius 2 is 2.31 bits per heavy atom. The fraction of sp³-hybridized carbons (Fsp3) is 0.750. The maximum Gasteiger partial charge on any atom is 0.0597 e. The van der Waals surface area contributed by atoms with Gasteiger partial charge in [0.2, 0.25) is 0 Å². The molecule has 0 atom stereocenters. The van der Waals surface area contributed by atoms with Crippen molar-refractivity contribution in [2.45, 2.75) is 45.9 Å². The van der Waals surface area contributed by atoms with Crippen molar-refractivity contribution < 1.29 is 5.11 Å². The van der Waals surface area contributed by atoms with Crippen molar-refractivity contribution in [2.75, 3.05) is 6.54 Å². The second-order valence-corrected chi connectivity index (χ2v) is 4.71. The van der Waals surface area contributed by atoms with Gasteiger partial charge in [-0.2, -0.15) is 5.10 Å². The van der Waals surface area contributed by atoms with E-state index in [1.165, 1.54) is 5.69 Å². The number of hydrogen-bond acceptors (Lipinski definition) is 3. The summed E-state index contributed by atoms with van der Waals surface area (Å²) in [6.45, 7) is 6.94. The molecule has 0 aromatic carbocycles. The minimum absolute atomic E-state index is 0.0461. The molecule has 1 aliphatic carbocycles. The number of aliphatic hydroxyl groups is 1. The molecule has 0 radical (unpaired) electrons. The molecule has 1 saturated carbocycles. The number of rotatable bonds is 5. The standard InChI is InChI=1S/C12H21N3O/c1-3-15-11(4-9(2)14-15)8-13-7-10-5-12(16)6-10/h4,10,12-13,16H,3,5-8H2,1-2H3. The molecule has 1 aromatic heterocycles. The lowest BCUT2D eigenvalue weighted by molar-refractivity contribution is 0.0429. The molecule has 1 aliphatic rings. The van der Waals surface area contributed by atoms with E-state index in [2.05, 4.69) is 23.4 Å². The highest BCUT2D eigenvalue weighted by atomic mass is 16.3. The number of aliphatic hydroxyl groups excluding tert-OH is 1. The second-order valence-electron chi connectivity index (χ2n) is 4.71. The molecule has 0 bridgehead atoms. The third kappa shape index (κ3) is 2.62. The van der Waals surface area contributed by atoms with Crippen molar-refractivity contribution in [2.24, 2.45) is 5.92 Å². The van der Waals surface area contributed by atoms with Gasteiger partial charge in [-0.15, -0.1) is 0 Å². The monoisotopic (exact) mass is 223 g/mol. The minimum atomic E-state index is -0.0461. The van der Waals surface area contributed by atoms with Gasteiger partial charge in [0, 0.05) is 13.1 Å². The highest BCUT2D eigenvalue weighted by Gasteiger charge is 2.26. The van der Waals surface area contributed by atoms with Gasteiger partial charge in [0.1, 0.15) is 0 Å². The molecule has 1 aromatic rings. The van der Waals surface area contributed by atoms with Crippen LogP contribution in [0.15, 0.2) is 6.07 Å². The molecule has 2 N–H and O–H groups in total. The van der Waals surface area contributed by atoms with Crippen LogP contribution in [0.1, 0.15) is 31.2 Å². The molecular weight excluding hydrogens is 202 g/mol. The van der Waals surface area contributed by atoms with Gasteiger partial charge in [0.05, 0.1) is 17.5 Å². The zero-order valence-corrected chi connectivity index (χ0v) is 10.1. The van der Waals surface area contributed by atoms with Crippen LogP contribution in [-0.4, -0.2) is 27.5 Å². The van der Waals surface area contributed by atoms with E-state index in [0.717, 1.165) is 38.2 Å². The van der Waals surface area contributed by atoms with Crippen molar-refractivity contribution in [1.82, 2.24) is 15.1 Å². The Balaban J connectivity index is 1.76. The first-order valence-corrected chi connectivity index (χ1v) is 6.11. The van der Waals surface area contributed by atoms with Crippen LogP contribution >= 0.6 is 0 Å². The molecule has 4 heteroatoms. The third-order valence-electron chi connectivity index (χ3n) is 3.23. The number of aromatic nitrogens is 2. The number of nitrogens with one attached hydrogen (secondary N) is 1. The van der Waals surface area contributed by atoms with E-state index in [4.69, 9.17) is 0 Å². The molecule has 16 heavy (non-hydrogen) atoms. The zero-order valence-electron chi connectivity index (χ0n) is 10.1. The van der Waals surface area contributed by atoms with Gasteiger partial charge in [0.15, 0.2) is 0 Å². The average Bonchev–Trinajstić information content (AvgIpc) is 2.56. The molecule has 4 nitrogen and oxygen atoms in total. The highest BCUT2D eigenvalue weighted by Crippen LogP contribution is 2.26. The first kappa shape index (κ1) is 11.6. The van der Waals surface area contributed by atoms with Gasteiger partial charge < -0.3 is 10.4 Å². The number of nitrogens with zero attached hydrogens (tertiary/aromatic N) is 2. The highest BCUT2D eigenvalue weighted by molar-refractivity contribution is 5.08. The maximum absolute atomic E-state index is 9.18. The lowest BCUT2D eigenvalue weighted by Gasteiger charge is -2.31.